The fourth-order valence-corrected chi connectivity index (χ4v) is 2.15. The Morgan fingerprint density at radius 1 is 1.40 bits per heavy atom. The number of hydrogen-bond donors (Lipinski definition) is 2. The van der Waals surface area contributed by atoms with E-state index in [1.807, 2.05) is 18.2 Å². The summed E-state index contributed by atoms with van der Waals surface area (Å²) in [4.78, 5) is 3.31. The number of nitrogens with one attached hydrogen (secondary N) is 1. The lowest BCUT2D eigenvalue weighted by atomic mass is 10.1. The lowest BCUT2D eigenvalue weighted by molar-refractivity contribution is 0.963. The number of nitrogens with two attached hydrogens (primary N) is 1. The Balaban J connectivity index is 0.00000112. The summed E-state index contributed by atoms with van der Waals surface area (Å²) in [6.45, 7) is 2.71. The fourth-order valence-electron chi connectivity index (χ4n) is 1.86. The minimum atomic E-state index is 0. The molecule has 0 atom stereocenters. The van der Waals surface area contributed by atoms with E-state index in [1.54, 1.807) is 0 Å². The van der Waals surface area contributed by atoms with Crippen molar-refractivity contribution in [3.05, 3.63) is 34.5 Å². The molecular formula is C11H14Cl2N2. The first-order chi connectivity index (χ1) is 6.74. The number of fused-ring (bicyclic) bond motifs is 1. The molecule has 0 bridgehead atoms. The van der Waals surface area contributed by atoms with Gasteiger partial charge in [0.2, 0.25) is 0 Å². The highest BCUT2D eigenvalue weighted by Gasteiger charge is 2.09. The largest absolute Gasteiger partial charge is 0.358 e. The van der Waals surface area contributed by atoms with E-state index in [0.717, 1.165) is 22.3 Å². The van der Waals surface area contributed by atoms with Crippen LogP contribution >= 0.6 is 24.0 Å². The average molecular weight is 245 g/mol. The van der Waals surface area contributed by atoms with Gasteiger partial charge in [-0.15, -0.1) is 12.4 Å². The highest BCUT2D eigenvalue weighted by atomic mass is 35.5. The third kappa shape index (κ3) is 2.12. The SMILES string of the molecule is Cc1[nH]c2cccc(Cl)c2c1CCN.Cl. The molecule has 0 radical (unpaired) electrons. The highest BCUT2D eigenvalue weighted by molar-refractivity contribution is 6.35. The zero-order valence-corrected chi connectivity index (χ0v) is 10.1. The minimum Gasteiger partial charge on any atom is -0.358 e. The number of benzene rings is 1. The highest BCUT2D eigenvalue weighted by Crippen LogP contribution is 2.29. The summed E-state index contributed by atoms with van der Waals surface area (Å²) in [6.07, 6.45) is 0.871. The van der Waals surface area contributed by atoms with Gasteiger partial charge in [0, 0.05) is 16.6 Å². The van der Waals surface area contributed by atoms with Crippen molar-refractivity contribution in [2.75, 3.05) is 6.54 Å². The van der Waals surface area contributed by atoms with Gasteiger partial charge in [0.15, 0.2) is 0 Å². The van der Waals surface area contributed by atoms with Crippen LogP contribution in [-0.4, -0.2) is 11.5 Å². The molecule has 15 heavy (non-hydrogen) atoms. The third-order valence-electron chi connectivity index (χ3n) is 2.48. The molecule has 3 N–H and O–H groups in total. The molecule has 0 saturated heterocycles. The van der Waals surface area contributed by atoms with Gasteiger partial charge in [-0.25, -0.2) is 0 Å². The van der Waals surface area contributed by atoms with Crippen LogP contribution in [0.3, 0.4) is 0 Å². The molecule has 2 rings (SSSR count). The number of hydrogen-bond acceptors (Lipinski definition) is 1. The number of H-pyrrole nitrogens is 1. The van der Waals surface area contributed by atoms with Crippen LogP contribution in [-0.2, 0) is 6.42 Å². The molecule has 0 saturated carbocycles. The quantitative estimate of drug-likeness (QED) is 0.838. The van der Waals surface area contributed by atoms with Gasteiger partial charge in [-0.2, -0.15) is 0 Å². The van der Waals surface area contributed by atoms with Crippen LogP contribution in [0.1, 0.15) is 11.3 Å². The van der Waals surface area contributed by atoms with Crippen molar-refractivity contribution < 1.29 is 0 Å². The Morgan fingerprint density at radius 2 is 2.13 bits per heavy atom. The van der Waals surface area contributed by atoms with Crippen LogP contribution in [0.15, 0.2) is 18.2 Å². The maximum atomic E-state index is 6.15. The fraction of sp³-hybridized carbons (Fsp3) is 0.273. The number of rotatable bonds is 2. The predicted molar refractivity (Wildman–Crippen MR) is 68.1 cm³/mol. The van der Waals surface area contributed by atoms with Crippen molar-refractivity contribution in [2.24, 2.45) is 5.73 Å². The maximum absolute atomic E-state index is 6.15. The summed E-state index contributed by atoms with van der Waals surface area (Å²) in [5, 5.41) is 1.92. The Hall–Kier alpha value is -0.700. The van der Waals surface area contributed by atoms with Crippen LogP contribution in [0, 0.1) is 6.92 Å². The van der Waals surface area contributed by atoms with Crippen LogP contribution in [0.25, 0.3) is 10.9 Å². The number of aromatic nitrogens is 1. The Kier molecular flexibility index (Phi) is 4.03. The number of aromatic amines is 1. The van der Waals surface area contributed by atoms with E-state index in [1.165, 1.54) is 11.3 Å². The molecule has 2 nitrogen and oxygen atoms in total. The smallest absolute Gasteiger partial charge is 0.0502 e. The number of halogens is 2. The van der Waals surface area contributed by atoms with Crippen molar-refractivity contribution in [3.8, 4) is 0 Å². The van der Waals surface area contributed by atoms with E-state index >= 15 is 0 Å². The van der Waals surface area contributed by atoms with Crippen molar-refractivity contribution in [2.45, 2.75) is 13.3 Å². The predicted octanol–water partition coefficient (Wildman–Crippen LogP) is 3.05. The first-order valence-corrected chi connectivity index (χ1v) is 5.07. The summed E-state index contributed by atoms with van der Waals surface area (Å²) < 4.78 is 0. The third-order valence-corrected chi connectivity index (χ3v) is 2.80. The first kappa shape index (κ1) is 12.4. The van der Waals surface area contributed by atoms with Gasteiger partial charge in [0.25, 0.3) is 0 Å². The standard InChI is InChI=1S/C11H13ClN2.ClH/c1-7-8(5-6-13)11-9(12)3-2-4-10(11)14-7;/h2-4,14H,5-6,13H2,1H3;1H. The van der Waals surface area contributed by atoms with Crippen LogP contribution in [0.4, 0.5) is 0 Å². The van der Waals surface area contributed by atoms with E-state index in [9.17, 15) is 0 Å². The van der Waals surface area contributed by atoms with Crippen molar-refractivity contribution in [1.29, 1.82) is 0 Å². The summed E-state index contributed by atoms with van der Waals surface area (Å²) in [7, 11) is 0. The van der Waals surface area contributed by atoms with Gasteiger partial charge in [-0.05, 0) is 37.6 Å². The summed E-state index contributed by atoms with van der Waals surface area (Å²) >= 11 is 6.15. The minimum absolute atomic E-state index is 0. The molecule has 2 aromatic rings. The Bertz CT molecular complexity index is 463. The van der Waals surface area contributed by atoms with Crippen LogP contribution < -0.4 is 5.73 Å². The van der Waals surface area contributed by atoms with Gasteiger partial charge >= 0.3 is 0 Å². The van der Waals surface area contributed by atoms with E-state index in [-0.39, 0.29) is 12.4 Å². The monoisotopic (exact) mass is 244 g/mol. The molecular weight excluding hydrogens is 231 g/mol. The summed E-state index contributed by atoms with van der Waals surface area (Å²) in [5.74, 6) is 0. The molecule has 82 valence electrons. The molecule has 4 heteroatoms. The molecule has 1 heterocycles. The lowest BCUT2D eigenvalue weighted by Crippen LogP contribution is -2.03. The van der Waals surface area contributed by atoms with Gasteiger partial charge < -0.3 is 10.7 Å². The lowest BCUT2D eigenvalue weighted by Gasteiger charge is -1.99. The molecule has 0 fully saturated rings. The molecule has 1 aromatic heterocycles. The van der Waals surface area contributed by atoms with E-state index in [4.69, 9.17) is 17.3 Å². The topological polar surface area (TPSA) is 41.8 Å². The van der Waals surface area contributed by atoms with E-state index in [0.29, 0.717) is 6.54 Å². The molecule has 0 amide bonds. The molecule has 0 aliphatic carbocycles. The molecule has 0 aliphatic heterocycles. The second-order valence-corrected chi connectivity index (χ2v) is 3.84. The van der Waals surface area contributed by atoms with E-state index < -0.39 is 0 Å². The zero-order valence-electron chi connectivity index (χ0n) is 8.51. The van der Waals surface area contributed by atoms with Crippen LogP contribution in [0.2, 0.25) is 5.02 Å². The Morgan fingerprint density at radius 3 is 2.80 bits per heavy atom. The summed E-state index contributed by atoms with van der Waals surface area (Å²) in [5.41, 5.74) is 9.08. The second-order valence-electron chi connectivity index (χ2n) is 3.43. The normalized spacial score (nSPS) is 10.3. The number of aryl methyl sites for hydroxylation is 1. The van der Waals surface area contributed by atoms with Crippen LogP contribution in [0.5, 0.6) is 0 Å². The molecule has 0 unspecified atom stereocenters. The Labute approximate surface area is 100 Å². The van der Waals surface area contributed by atoms with Gasteiger partial charge in [-0.1, -0.05) is 17.7 Å². The van der Waals surface area contributed by atoms with E-state index in [2.05, 4.69) is 11.9 Å². The second kappa shape index (κ2) is 4.88. The molecule has 0 spiro atoms. The molecule has 0 aliphatic rings. The average Bonchev–Trinajstić information content (AvgIpc) is 2.45. The molecule has 1 aromatic carbocycles. The van der Waals surface area contributed by atoms with Gasteiger partial charge in [-0.3, -0.25) is 0 Å². The summed E-state index contributed by atoms with van der Waals surface area (Å²) in [6, 6.07) is 5.90. The zero-order chi connectivity index (χ0) is 10.1. The van der Waals surface area contributed by atoms with Gasteiger partial charge in [0.05, 0.1) is 5.02 Å². The van der Waals surface area contributed by atoms with Crippen molar-refractivity contribution in [1.82, 2.24) is 4.98 Å². The first-order valence-electron chi connectivity index (χ1n) is 4.69. The van der Waals surface area contributed by atoms with Crippen molar-refractivity contribution >= 4 is 34.9 Å². The maximum Gasteiger partial charge on any atom is 0.0502 e. The van der Waals surface area contributed by atoms with Crippen molar-refractivity contribution in [3.63, 3.8) is 0 Å². The van der Waals surface area contributed by atoms with Gasteiger partial charge in [0.1, 0.15) is 0 Å².